The van der Waals surface area contributed by atoms with Crippen LogP contribution >= 0.6 is 23.1 Å². The van der Waals surface area contributed by atoms with Crippen molar-refractivity contribution >= 4 is 39.2 Å². The van der Waals surface area contributed by atoms with Crippen LogP contribution < -0.4 is 10.3 Å². The Kier molecular flexibility index (Phi) is 5.88. The van der Waals surface area contributed by atoms with Crippen LogP contribution in [0.25, 0.3) is 15.9 Å². The number of thiophene rings is 1. The van der Waals surface area contributed by atoms with Crippen LogP contribution in [0.2, 0.25) is 0 Å². The first-order chi connectivity index (χ1) is 14.4. The van der Waals surface area contributed by atoms with Crippen molar-refractivity contribution in [2.75, 3.05) is 26.0 Å². The topological polar surface area (TPSA) is 64.4 Å². The van der Waals surface area contributed by atoms with Crippen LogP contribution in [-0.4, -0.2) is 46.3 Å². The Morgan fingerprint density at radius 1 is 1.23 bits per heavy atom. The van der Waals surface area contributed by atoms with Crippen LogP contribution in [-0.2, 0) is 4.79 Å². The second kappa shape index (κ2) is 8.43. The summed E-state index contributed by atoms with van der Waals surface area (Å²) in [6.07, 6.45) is 2.11. The number of benzene rings is 1. The fraction of sp³-hybridized carbons (Fsp3) is 0.409. The molecule has 2 aromatic heterocycles. The molecule has 0 saturated carbocycles. The molecule has 8 heteroatoms. The summed E-state index contributed by atoms with van der Waals surface area (Å²) >= 11 is 2.84. The van der Waals surface area contributed by atoms with Crippen molar-refractivity contribution in [3.8, 4) is 11.4 Å². The fourth-order valence-electron chi connectivity index (χ4n) is 3.74. The van der Waals surface area contributed by atoms with Crippen molar-refractivity contribution in [2.45, 2.75) is 38.8 Å². The Labute approximate surface area is 183 Å². The van der Waals surface area contributed by atoms with E-state index in [9.17, 15) is 9.59 Å². The number of likely N-dealkylation sites (tertiary alicyclic amines) is 1. The van der Waals surface area contributed by atoms with Gasteiger partial charge in [-0.05, 0) is 56.9 Å². The minimum Gasteiger partial charge on any atom is -0.495 e. The van der Waals surface area contributed by atoms with Gasteiger partial charge < -0.3 is 9.64 Å². The first-order valence-corrected chi connectivity index (χ1v) is 11.8. The molecule has 0 radical (unpaired) electrons. The van der Waals surface area contributed by atoms with Crippen LogP contribution in [0.3, 0.4) is 0 Å². The van der Waals surface area contributed by atoms with Gasteiger partial charge in [-0.15, -0.1) is 11.3 Å². The maximum Gasteiger partial charge on any atom is 0.267 e. The van der Waals surface area contributed by atoms with Crippen molar-refractivity contribution in [3.05, 3.63) is 44.6 Å². The van der Waals surface area contributed by atoms with Crippen molar-refractivity contribution < 1.29 is 9.53 Å². The van der Waals surface area contributed by atoms with Gasteiger partial charge in [0.15, 0.2) is 5.16 Å². The zero-order valence-corrected chi connectivity index (χ0v) is 19.3. The summed E-state index contributed by atoms with van der Waals surface area (Å²) in [6, 6.07) is 5.73. The van der Waals surface area contributed by atoms with Crippen molar-refractivity contribution in [1.29, 1.82) is 0 Å². The van der Waals surface area contributed by atoms with Gasteiger partial charge in [0.2, 0.25) is 5.91 Å². The maximum atomic E-state index is 13.6. The summed E-state index contributed by atoms with van der Waals surface area (Å²) in [5.41, 5.74) is 2.50. The summed E-state index contributed by atoms with van der Waals surface area (Å²) in [5, 5.41) is 1.15. The molecule has 30 heavy (non-hydrogen) atoms. The van der Waals surface area contributed by atoms with E-state index in [1.807, 2.05) is 43.9 Å². The molecule has 0 atom stereocenters. The molecule has 0 bridgehead atoms. The number of ether oxygens (including phenoxy) is 1. The third-order valence-electron chi connectivity index (χ3n) is 5.53. The largest absolute Gasteiger partial charge is 0.495 e. The Morgan fingerprint density at radius 2 is 1.97 bits per heavy atom. The molecule has 1 fully saturated rings. The number of amides is 1. The molecule has 1 aliphatic heterocycles. The number of nitrogens with zero attached hydrogens (tertiary/aromatic N) is 3. The summed E-state index contributed by atoms with van der Waals surface area (Å²) in [5.74, 6) is 0.949. The van der Waals surface area contributed by atoms with E-state index >= 15 is 0 Å². The Bertz CT molecular complexity index is 1180. The molecule has 0 spiro atoms. The third kappa shape index (κ3) is 3.74. The second-order valence-corrected chi connectivity index (χ2v) is 9.70. The van der Waals surface area contributed by atoms with Crippen LogP contribution in [0, 0.1) is 20.8 Å². The lowest BCUT2D eigenvalue weighted by Crippen LogP contribution is -2.29. The number of aromatic nitrogens is 2. The third-order valence-corrected chi connectivity index (χ3v) is 7.56. The molecule has 1 aliphatic rings. The standard InChI is InChI=1S/C22H25N3O3S2/c1-13-7-8-17(28-4)16(11-13)25-21(27)19-14(2)15(3)30-20(19)23-22(25)29-12-18(26)24-9-5-6-10-24/h7-8,11H,5-6,9-10,12H2,1-4H3. The van der Waals surface area contributed by atoms with E-state index in [1.54, 1.807) is 11.7 Å². The molecular formula is C22H25N3O3S2. The lowest BCUT2D eigenvalue weighted by atomic mass is 10.2. The lowest BCUT2D eigenvalue weighted by Gasteiger charge is -2.17. The molecule has 0 unspecified atom stereocenters. The summed E-state index contributed by atoms with van der Waals surface area (Å²) in [4.78, 5) is 34.7. The molecule has 3 heterocycles. The lowest BCUT2D eigenvalue weighted by molar-refractivity contribution is -0.127. The average molecular weight is 444 g/mol. The molecule has 1 aromatic carbocycles. The zero-order valence-electron chi connectivity index (χ0n) is 17.7. The molecule has 0 aliphatic carbocycles. The van der Waals surface area contributed by atoms with Crippen molar-refractivity contribution in [1.82, 2.24) is 14.5 Å². The normalized spacial score (nSPS) is 13.9. The van der Waals surface area contributed by atoms with Crippen molar-refractivity contribution in [3.63, 3.8) is 0 Å². The molecule has 3 aromatic rings. The van der Waals surface area contributed by atoms with Gasteiger partial charge in [-0.25, -0.2) is 4.98 Å². The van der Waals surface area contributed by atoms with Gasteiger partial charge in [-0.3, -0.25) is 14.2 Å². The quantitative estimate of drug-likeness (QED) is 0.439. The van der Waals surface area contributed by atoms with E-state index in [2.05, 4.69) is 0 Å². The summed E-state index contributed by atoms with van der Waals surface area (Å²) in [7, 11) is 1.59. The Balaban J connectivity index is 1.86. The van der Waals surface area contributed by atoms with E-state index in [0.717, 1.165) is 41.9 Å². The van der Waals surface area contributed by atoms with Gasteiger partial charge in [-0.2, -0.15) is 0 Å². The predicted molar refractivity (Wildman–Crippen MR) is 123 cm³/mol. The number of hydrogen-bond donors (Lipinski definition) is 0. The molecule has 1 saturated heterocycles. The molecule has 4 rings (SSSR count). The van der Waals surface area contributed by atoms with Crippen LogP contribution in [0.15, 0.2) is 28.2 Å². The number of thioether (sulfide) groups is 1. The zero-order chi connectivity index (χ0) is 21.4. The summed E-state index contributed by atoms with van der Waals surface area (Å²) < 4.78 is 7.16. The van der Waals surface area contributed by atoms with Gasteiger partial charge in [0.1, 0.15) is 10.6 Å². The molecule has 6 nitrogen and oxygen atoms in total. The van der Waals surface area contributed by atoms with Gasteiger partial charge >= 0.3 is 0 Å². The number of fused-ring (bicyclic) bond motifs is 1. The Morgan fingerprint density at radius 3 is 2.67 bits per heavy atom. The minimum absolute atomic E-state index is 0.0909. The maximum absolute atomic E-state index is 13.6. The van der Waals surface area contributed by atoms with Crippen LogP contribution in [0.5, 0.6) is 5.75 Å². The molecule has 0 N–H and O–H groups in total. The van der Waals surface area contributed by atoms with Crippen LogP contribution in [0.4, 0.5) is 0 Å². The highest BCUT2D eigenvalue weighted by molar-refractivity contribution is 7.99. The van der Waals surface area contributed by atoms with Gasteiger partial charge in [0.25, 0.3) is 5.56 Å². The smallest absolute Gasteiger partial charge is 0.267 e. The number of carbonyl (C=O) groups is 1. The molecular weight excluding hydrogens is 418 g/mol. The van der Waals surface area contributed by atoms with E-state index in [1.165, 1.54) is 23.1 Å². The number of aryl methyl sites for hydroxylation is 3. The fourth-order valence-corrected chi connectivity index (χ4v) is 5.72. The molecule has 158 valence electrons. The first kappa shape index (κ1) is 20.9. The number of rotatable bonds is 5. The second-order valence-electron chi connectivity index (χ2n) is 7.55. The van der Waals surface area contributed by atoms with E-state index < -0.39 is 0 Å². The highest BCUT2D eigenvalue weighted by Crippen LogP contribution is 2.32. The van der Waals surface area contributed by atoms with Crippen LogP contribution in [0.1, 0.15) is 28.8 Å². The van der Waals surface area contributed by atoms with Gasteiger partial charge in [0.05, 0.1) is 23.9 Å². The van der Waals surface area contributed by atoms with Gasteiger partial charge in [-0.1, -0.05) is 17.8 Å². The van der Waals surface area contributed by atoms with E-state index in [-0.39, 0.29) is 17.2 Å². The first-order valence-electron chi connectivity index (χ1n) is 9.99. The number of hydrogen-bond acceptors (Lipinski definition) is 6. The SMILES string of the molecule is COc1ccc(C)cc1-n1c(SCC(=O)N2CCCC2)nc2sc(C)c(C)c2c1=O. The van der Waals surface area contributed by atoms with E-state index in [0.29, 0.717) is 26.8 Å². The van der Waals surface area contributed by atoms with E-state index in [4.69, 9.17) is 9.72 Å². The minimum atomic E-state index is -0.123. The number of carbonyl (C=O) groups excluding carboxylic acids is 1. The monoisotopic (exact) mass is 443 g/mol. The van der Waals surface area contributed by atoms with Crippen molar-refractivity contribution in [2.24, 2.45) is 0 Å². The predicted octanol–water partition coefficient (Wildman–Crippen LogP) is 4.10. The highest BCUT2D eigenvalue weighted by Gasteiger charge is 2.23. The summed E-state index contributed by atoms with van der Waals surface area (Å²) in [6.45, 7) is 7.56. The molecule has 1 amide bonds. The highest BCUT2D eigenvalue weighted by atomic mass is 32.2. The Hall–Kier alpha value is -2.32. The van der Waals surface area contributed by atoms with Gasteiger partial charge in [0, 0.05) is 18.0 Å². The number of methoxy groups -OCH3 is 1. The average Bonchev–Trinajstić information content (AvgIpc) is 3.35.